The van der Waals surface area contributed by atoms with Crippen LogP contribution in [0.2, 0.25) is 5.02 Å². The van der Waals surface area contributed by atoms with Crippen LogP contribution in [0.15, 0.2) is 34.5 Å². The maximum absolute atomic E-state index is 13.9. The number of hydrogen-bond acceptors (Lipinski definition) is 4. The third kappa shape index (κ3) is 3.72. The molecule has 1 N–H and O–H groups in total. The molecule has 1 aromatic heterocycles. The van der Waals surface area contributed by atoms with Crippen molar-refractivity contribution in [1.29, 1.82) is 0 Å². The number of rotatable bonds is 4. The van der Waals surface area contributed by atoms with Gasteiger partial charge in [-0.2, -0.15) is 4.31 Å². The van der Waals surface area contributed by atoms with Gasteiger partial charge in [-0.25, -0.2) is 12.8 Å². The first-order chi connectivity index (χ1) is 11.8. The van der Waals surface area contributed by atoms with Gasteiger partial charge in [-0.05, 0) is 50.1 Å². The first kappa shape index (κ1) is 18.3. The molecule has 134 valence electrons. The zero-order valence-corrected chi connectivity index (χ0v) is 15.7. The summed E-state index contributed by atoms with van der Waals surface area (Å²) in [6, 6.07) is 6.31. The van der Waals surface area contributed by atoms with Gasteiger partial charge in [0.25, 0.3) is 10.0 Å². The molecule has 0 aliphatic carbocycles. The largest absolute Gasteiger partial charge is 0.322 e. The van der Waals surface area contributed by atoms with Crippen molar-refractivity contribution in [2.24, 2.45) is 0 Å². The second-order valence-corrected chi connectivity index (χ2v) is 9.59. The summed E-state index contributed by atoms with van der Waals surface area (Å²) in [6.07, 6.45) is 0.968. The number of carbonyl (C=O) groups excluding carboxylic acids is 1. The Balaban J connectivity index is 1.82. The molecule has 1 atom stereocenters. The number of amides is 1. The van der Waals surface area contributed by atoms with Crippen molar-refractivity contribution in [3.05, 3.63) is 46.0 Å². The second kappa shape index (κ2) is 7.03. The van der Waals surface area contributed by atoms with Crippen LogP contribution in [0.25, 0.3) is 0 Å². The molecule has 0 bridgehead atoms. The van der Waals surface area contributed by atoms with Crippen molar-refractivity contribution >= 4 is 44.6 Å². The van der Waals surface area contributed by atoms with E-state index in [0.717, 1.165) is 10.9 Å². The van der Waals surface area contributed by atoms with Gasteiger partial charge < -0.3 is 5.32 Å². The van der Waals surface area contributed by atoms with Crippen molar-refractivity contribution in [1.82, 2.24) is 4.31 Å². The highest BCUT2D eigenvalue weighted by Gasteiger charge is 2.40. The molecule has 1 aliphatic heterocycles. The minimum absolute atomic E-state index is 0.0226. The number of sulfonamides is 1. The van der Waals surface area contributed by atoms with Crippen molar-refractivity contribution in [3.63, 3.8) is 0 Å². The Morgan fingerprint density at radius 3 is 2.76 bits per heavy atom. The van der Waals surface area contributed by atoms with Gasteiger partial charge in [-0.15, -0.1) is 11.3 Å². The molecule has 25 heavy (non-hydrogen) atoms. The molecule has 1 unspecified atom stereocenters. The van der Waals surface area contributed by atoms with Crippen molar-refractivity contribution < 1.29 is 17.6 Å². The molecule has 0 spiro atoms. The van der Waals surface area contributed by atoms with Gasteiger partial charge in [-0.1, -0.05) is 11.6 Å². The molecule has 0 saturated carbocycles. The lowest BCUT2D eigenvalue weighted by Gasteiger charge is -2.22. The number of nitrogens with one attached hydrogen (secondary N) is 1. The zero-order valence-electron chi connectivity index (χ0n) is 13.3. The number of benzene rings is 1. The molecular weight excluding hydrogens is 387 g/mol. The molecule has 3 rings (SSSR count). The quantitative estimate of drug-likeness (QED) is 0.848. The number of carbonyl (C=O) groups is 1. The van der Waals surface area contributed by atoms with E-state index in [1.807, 2.05) is 6.92 Å². The van der Waals surface area contributed by atoms with E-state index in [1.165, 1.54) is 27.8 Å². The van der Waals surface area contributed by atoms with Crippen molar-refractivity contribution in [2.75, 3.05) is 11.9 Å². The molecule has 0 radical (unpaired) electrons. The van der Waals surface area contributed by atoms with Crippen LogP contribution in [0.1, 0.15) is 17.7 Å². The average Bonchev–Trinajstić information content (AvgIpc) is 3.19. The summed E-state index contributed by atoms with van der Waals surface area (Å²) in [5, 5.41) is 2.68. The van der Waals surface area contributed by atoms with E-state index in [4.69, 9.17) is 11.6 Å². The van der Waals surface area contributed by atoms with E-state index >= 15 is 0 Å². The molecule has 2 aromatic rings. The van der Waals surface area contributed by atoms with E-state index in [9.17, 15) is 17.6 Å². The molecule has 1 saturated heterocycles. The van der Waals surface area contributed by atoms with Crippen LogP contribution in [0, 0.1) is 12.7 Å². The van der Waals surface area contributed by atoms with E-state index in [0.29, 0.717) is 12.8 Å². The number of thiophene rings is 1. The van der Waals surface area contributed by atoms with E-state index in [-0.39, 0.29) is 21.5 Å². The summed E-state index contributed by atoms with van der Waals surface area (Å²) in [6.45, 7) is 2.08. The zero-order chi connectivity index (χ0) is 18.2. The van der Waals surface area contributed by atoms with Crippen LogP contribution >= 0.6 is 22.9 Å². The van der Waals surface area contributed by atoms with E-state index in [2.05, 4.69) is 5.32 Å². The van der Waals surface area contributed by atoms with E-state index < -0.39 is 27.8 Å². The first-order valence-electron chi connectivity index (χ1n) is 7.63. The van der Waals surface area contributed by atoms with Gasteiger partial charge in [0.05, 0.1) is 5.69 Å². The third-order valence-electron chi connectivity index (χ3n) is 3.97. The average molecular weight is 403 g/mol. The van der Waals surface area contributed by atoms with E-state index in [1.54, 1.807) is 12.1 Å². The summed E-state index contributed by atoms with van der Waals surface area (Å²) >= 11 is 6.86. The first-order valence-corrected chi connectivity index (χ1v) is 10.3. The van der Waals surface area contributed by atoms with Gasteiger partial charge in [-0.3, -0.25) is 4.79 Å². The van der Waals surface area contributed by atoms with Crippen molar-refractivity contribution in [3.8, 4) is 0 Å². The predicted octanol–water partition coefficient (Wildman–Crippen LogP) is 3.64. The Labute approximate surface area is 154 Å². The lowest BCUT2D eigenvalue weighted by Crippen LogP contribution is -2.43. The fourth-order valence-corrected chi connectivity index (χ4v) is 5.99. The maximum atomic E-state index is 13.9. The molecule has 2 heterocycles. The topological polar surface area (TPSA) is 66.5 Å². The van der Waals surface area contributed by atoms with Crippen LogP contribution in [0.4, 0.5) is 10.1 Å². The molecule has 5 nitrogen and oxygen atoms in total. The summed E-state index contributed by atoms with van der Waals surface area (Å²) in [5.74, 6) is -1.21. The highest BCUT2D eigenvalue weighted by molar-refractivity contribution is 7.91. The van der Waals surface area contributed by atoms with Crippen LogP contribution < -0.4 is 5.32 Å². The number of anilines is 1. The molecule has 1 amide bonds. The van der Waals surface area contributed by atoms with Crippen LogP contribution in [-0.4, -0.2) is 31.2 Å². The molecule has 1 aliphatic rings. The number of nitrogens with zero attached hydrogens (tertiary/aromatic N) is 1. The smallest absolute Gasteiger partial charge is 0.253 e. The normalized spacial score (nSPS) is 18.4. The lowest BCUT2D eigenvalue weighted by atomic mass is 10.2. The highest BCUT2D eigenvalue weighted by atomic mass is 35.5. The minimum Gasteiger partial charge on any atom is -0.322 e. The fraction of sp³-hybridized carbons (Fsp3) is 0.312. The SMILES string of the molecule is Cc1ccc(S(=O)(=O)N2CCCC2C(=O)Nc2ccc(Cl)cc2F)s1. The molecular formula is C16H16ClFN2O3S2. The second-order valence-electron chi connectivity index (χ2n) is 5.75. The monoisotopic (exact) mass is 402 g/mol. The third-order valence-corrected chi connectivity index (χ3v) is 7.59. The molecule has 9 heteroatoms. The highest BCUT2D eigenvalue weighted by Crippen LogP contribution is 2.31. The van der Waals surface area contributed by atoms with Gasteiger partial charge in [0.1, 0.15) is 16.1 Å². The van der Waals surface area contributed by atoms with Crippen LogP contribution in [0.3, 0.4) is 0 Å². The minimum atomic E-state index is -3.75. The summed E-state index contributed by atoms with van der Waals surface area (Å²) in [7, 11) is -3.75. The van der Waals surface area contributed by atoms with Gasteiger partial charge in [0.15, 0.2) is 0 Å². The fourth-order valence-electron chi connectivity index (χ4n) is 2.76. The van der Waals surface area contributed by atoms with Gasteiger partial charge in [0.2, 0.25) is 5.91 Å². The summed E-state index contributed by atoms with van der Waals surface area (Å²) in [4.78, 5) is 13.4. The Kier molecular flexibility index (Phi) is 5.15. The summed E-state index contributed by atoms with van der Waals surface area (Å²) in [5.41, 5.74) is -0.0226. The number of halogens is 2. The Morgan fingerprint density at radius 1 is 1.36 bits per heavy atom. The molecule has 1 aromatic carbocycles. The Hall–Kier alpha value is -1.48. The Bertz CT molecular complexity index is 914. The summed E-state index contributed by atoms with van der Waals surface area (Å²) < 4.78 is 40.9. The van der Waals surface area contributed by atoms with Gasteiger partial charge in [0, 0.05) is 16.4 Å². The standard InChI is InChI=1S/C16H16ClFN2O3S2/c1-10-4-7-15(24-10)25(22,23)20-8-2-3-14(20)16(21)19-13-6-5-11(17)9-12(13)18/h4-7,9,14H,2-3,8H2,1H3,(H,19,21). The van der Waals surface area contributed by atoms with Crippen molar-refractivity contribution in [2.45, 2.75) is 30.0 Å². The lowest BCUT2D eigenvalue weighted by molar-refractivity contribution is -0.119. The number of hydrogen-bond donors (Lipinski definition) is 1. The maximum Gasteiger partial charge on any atom is 0.253 e. The van der Waals surface area contributed by atoms with Crippen LogP contribution in [0.5, 0.6) is 0 Å². The Morgan fingerprint density at radius 2 is 2.12 bits per heavy atom. The molecule has 1 fully saturated rings. The number of aryl methyl sites for hydroxylation is 1. The predicted molar refractivity (Wildman–Crippen MR) is 96.0 cm³/mol. The van der Waals surface area contributed by atoms with Gasteiger partial charge >= 0.3 is 0 Å². The van der Waals surface area contributed by atoms with Crippen LogP contribution in [-0.2, 0) is 14.8 Å².